The van der Waals surface area contributed by atoms with Crippen LogP contribution < -0.4 is 4.74 Å². The molecule has 0 aliphatic carbocycles. The molecule has 0 saturated heterocycles. The number of carbonyl (C=O) groups excluding carboxylic acids is 2. The summed E-state index contributed by atoms with van der Waals surface area (Å²) in [7, 11) is 1.36. The first-order valence-corrected chi connectivity index (χ1v) is 7.46. The number of aromatic nitrogens is 4. The number of hydrogen-bond acceptors (Lipinski definition) is 7. The molecule has 0 fully saturated rings. The van der Waals surface area contributed by atoms with Crippen molar-refractivity contribution in [2.24, 2.45) is 0 Å². The number of carbonyl (C=O) groups is 2. The van der Waals surface area contributed by atoms with Gasteiger partial charge in [-0.05, 0) is 40.8 Å². The fraction of sp³-hybridized carbons (Fsp3) is 0.118. The maximum atomic E-state index is 13.4. The van der Waals surface area contributed by atoms with Gasteiger partial charge in [-0.15, -0.1) is 5.10 Å². The summed E-state index contributed by atoms with van der Waals surface area (Å²) in [4.78, 5) is 24.6. The molecule has 3 rings (SSSR count). The molecule has 1 aromatic heterocycles. The molecule has 1 heterocycles. The molecule has 0 spiro atoms. The van der Waals surface area contributed by atoms with Crippen molar-refractivity contribution in [3.8, 4) is 11.4 Å². The van der Waals surface area contributed by atoms with Crippen LogP contribution in [0.4, 0.5) is 4.39 Å². The minimum Gasteiger partial charge on any atom is -0.496 e. The van der Waals surface area contributed by atoms with Gasteiger partial charge in [0, 0.05) is 0 Å². The molecule has 0 radical (unpaired) electrons. The van der Waals surface area contributed by atoms with Crippen LogP contribution in [0.1, 0.15) is 20.7 Å². The van der Waals surface area contributed by atoms with Crippen molar-refractivity contribution in [3.63, 3.8) is 0 Å². The van der Waals surface area contributed by atoms with Gasteiger partial charge in [0.05, 0.1) is 23.9 Å². The Morgan fingerprint density at radius 3 is 2.69 bits per heavy atom. The van der Waals surface area contributed by atoms with Gasteiger partial charge < -0.3 is 9.47 Å². The van der Waals surface area contributed by atoms with Gasteiger partial charge in [-0.2, -0.15) is 4.68 Å². The summed E-state index contributed by atoms with van der Waals surface area (Å²) < 4.78 is 24.8. The van der Waals surface area contributed by atoms with E-state index in [9.17, 15) is 14.0 Å². The zero-order valence-corrected chi connectivity index (χ0v) is 13.6. The molecular formula is C17H13FN4O4. The van der Waals surface area contributed by atoms with Gasteiger partial charge in [0.2, 0.25) is 5.78 Å². The Morgan fingerprint density at radius 1 is 1.15 bits per heavy atom. The Morgan fingerprint density at radius 2 is 1.96 bits per heavy atom. The van der Waals surface area contributed by atoms with Crippen molar-refractivity contribution >= 4 is 11.8 Å². The topological polar surface area (TPSA) is 96.2 Å². The molecule has 0 aliphatic rings. The minimum atomic E-state index is -0.736. The summed E-state index contributed by atoms with van der Waals surface area (Å²) in [5.41, 5.74) is 0.575. The SMILES string of the molecule is COc1ccc(F)cc1C(=O)COC(=O)c1ccccc1-n1cnnn1. The van der Waals surface area contributed by atoms with E-state index < -0.39 is 24.2 Å². The summed E-state index contributed by atoms with van der Waals surface area (Å²) in [6.07, 6.45) is 1.33. The Balaban J connectivity index is 1.76. The predicted octanol–water partition coefficient (Wildman–Crippen LogP) is 1.85. The van der Waals surface area contributed by atoms with Gasteiger partial charge in [0.1, 0.15) is 17.9 Å². The molecule has 132 valence electrons. The van der Waals surface area contributed by atoms with E-state index in [0.717, 1.165) is 6.07 Å². The number of methoxy groups -OCH3 is 1. The lowest BCUT2D eigenvalue weighted by molar-refractivity contribution is 0.0473. The maximum Gasteiger partial charge on any atom is 0.340 e. The van der Waals surface area contributed by atoms with Crippen molar-refractivity contribution in [3.05, 3.63) is 65.7 Å². The number of rotatable bonds is 6. The second-order valence-electron chi connectivity index (χ2n) is 5.12. The van der Waals surface area contributed by atoms with Crippen molar-refractivity contribution in [2.75, 3.05) is 13.7 Å². The van der Waals surface area contributed by atoms with Crippen LogP contribution in [0, 0.1) is 5.82 Å². The third kappa shape index (κ3) is 3.56. The maximum absolute atomic E-state index is 13.4. The lowest BCUT2D eigenvalue weighted by atomic mass is 10.1. The quantitative estimate of drug-likeness (QED) is 0.491. The lowest BCUT2D eigenvalue weighted by Gasteiger charge is -2.10. The number of tetrazole rings is 1. The van der Waals surface area contributed by atoms with E-state index in [-0.39, 0.29) is 16.9 Å². The summed E-state index contributed by atoms with van der Waals surface area (Å²) in [5, 5.41) is 10.8. The molecular weight excluding hydrogens is 343 g/mol. The van der Waals surface area contributed by atoms with Gasteiger partial charge in [0.15, 0.2) is 6.61 Å². The van der Waals surface area contributed by atoms with E-state index in [1.807, 2.05) is 0 Å². The van der Waals surface area contributed by atoms with E-state index >= 15 is 0 Å². The number of hydrogen-bond donors (Lipinski definition) is 0. The lowest BCUT2D eigenvalue weighted by Crippen LogP contribution is -2.17. The second kappa shape index (κ2) is 7.51. The first-order valence-electron chi connectivity index (χ1n) is 7.46. The van der Waals surface area contributed by atoms with Gasteiger partial charge in [-0.25, -0.2) is 9.18 Å². The van der Waals surface area contributed by atoms with Crippen LogP contribution in [0.15, 0.2) is 48.8 Å². The summed E-state index contributed by atoms with van der Waals surface area (Å²) >= 11 is 0. The number of ether oxygens (including phenoxy) is 2. The van der Waals surface area contributed by atoms with Gasteiger partial charge >= 0.3 is 5.97 Å². The highest BCUT2D eigenvalue weighted by Gasteiger charge is 2.19. The van der Waals surface area contributed by atoms with Crippen LogP contribution in [0.3, 0.4) is 0 Å². The van der Waals surface area contributed by atoms with Crippen LogP contribution in [0.5, 0.6) is 5.75 Å². The Hall–Kier alpha value is -3.62. The van der Waals surface area contributed by atoms with Crippen LogP contribution in [-0.2, 0) is 4.74 Å². The van der Waals surface area contributed by atoms with Crippen LogP contribution >= 0.6 is 0 Å². The predicted molar refractivity (Wildman–Crippen MR) is 86.7 cm³/mol. The highest BCUT2D eigenvalue weighted by molar-refractivity contribution is 6.02. The van der Waals surface area contributed by atoms with Gasteiger partial charge in [-0.1, -0.05) is 12.1 Å². The minimum absolute atomic E-state index is 0.00550. The molecule has 0 saturated carbocycles. The normalized spacial score (nSPS) is 10.4. The molecule has 2 aromatic carbocycles. The van der Waals surface area contributed by atoms with Gasteiger partial charge in [-0.3, -0.25) is 4.79 Å². The molecule has 0 atom stereocenters. The number of nitrogens with zero attached hydrogens (tertiary/aromatic N) is 4. The molecule has 0 amide bonds. The van der Waals surface area contributed by atoms with E-state index in [0.29, 0.717) is 5.69 Å². The van der Waals surface area contributed by atoms with E-state index in [4.69, 9.17) is 9.47 Å². The smallest absolute Gasteiger partial charge is 0.340 e. The van der Waals surface area contributed by atoms with Crippen LogP contribution in [0.25, 0.3) is 5.69 Å². The standard InChI is InChI=1S/C17H13FN4O4/c1-25-16-7-6-11(18)8-13(16)15(23)9-26-17(24)12-4-2-3-5-14(12)22-10-19-20-21-22/h2-8,10H,9H2,1H3. The number of esters is 1. The molecule has 0 N–H and O–H groups in total. The third-order valence-electron chi connectivity index (χ3n) is 3.52. The Labute approximate surface area is 147 Å². The fourth-order valence-corrected chi connectivity index (χ4v) is 2.30. The average Bonchev–Trinajstić information content (AvgIpc) is 3.20. The molecule has 3 aromatic rings. The van der Waals surface area contributed by atoms with Crippen molar-refractivity contribution in [1.82, 2.24) is 20.2 Å². The molecule has 26 heavy (non-hydrogen) atoms. The number of para-hydroxylation sites is 1. The van der Waals surface area contributed by atoms with E-state index in [1.54, 1.807) is 18.2 Å². The monoisotopic (exact) mass is 356 g/mol. The summed E-state index contributed by atoms with van der Waals surface area (Å²) in [6.45, 7) is -0.567. The Kier molecular flexibility index (Phi) is 4.97. The van der Waals surface area contributed by atoms with Gasteiger partial charge in [0.25, 0.3) is 0 Å². The number of halogens is 1. The highest BCUT2D eigenvalue weighted by Crippen LogP contribution is 2.20. The largest absolute Gasteiger partial charge is 0.496 e. The Bertz CT molecular complexity index is 944. The molecule has 9 heteroatoms. The molecule has 0 bridgehead atoms. The fourth-order valence-electron chi connectivity index (χ4n) is 2.30. The molecule has 0 aliphatic heterocycles. The summed E-state index contributed by atoms with van der Waals surface area (Å²) in [6, 6.07) is 10.0. The van der Waals surface area contributed by atoms with E-state index in [2.05, 4.69) is 15.5 Å². The summed E-state index contributed by atoms with van der Waals surface area (Å²) in [5.74, 6) is -1.72. The first-order chi connectivity index (χ1) is 12.6. The third-order valence-corrected chi connectivity index (χ3v) is 3.52. The molecule has 0 unspecified atom stereocenters. The van der Waals surface area contributed by atoms with Crippen molar-refractivity contribution in [2.45, 2.75) is 0 Å². The van der Waals surface area contributed by atoms with E-state index in [1.165, 1.54) is 36.3 Å². The zero-order valence-electron chi connectivity index (χ0n) is 13.6. The van der Waals surface area contributed by atoms with Crippen molar-refractivity contribution < 1.29 is 23.5 Å². The number of Topliss-reactive ketones (excluding diaryl/α,β-unsaturated/α-hetero) is 1. The zero-order chi connectivity index (χ0) is 18.5. The molecule has 8 nitrogen and oxygen atoms in total. The second-order valence-corrected chi connectivity index (χ2v) is 5.12. The van der Waals surface area contributed by atoms with Crippen LogP contribution in [-0.4, -0.2) is 45.7 Å². The number of benzene rings is 2. The average molecular weight is 356 g/mol. The number of ketones is 1. The highest BCUT2D eigenvalue weighted by atomic mass is 19.1. The van der Waals surface area contributed by atoms with Crippen molar-refractivity contribution in [1.29, 1.82) is 0 Å². The first kappa shape index (κ1) is 17.2. The van der Waals surface area contributed by atoms with Crippen LogP contribution in [0.2, 0.25) is 0 Å².